The highest BCUT2D eigenvalue weighted by Crippen LogP contribution is 1.54. The van der Waals surface area contributed by atoms with E-state index in [0.29, 0.717) is 0 Å². The summed E-state index contributed by atoms with van der Waals surface area (Å²) in [6.07, 6.45) is 0.833. The molecule has 0 spiro atoms. The molecule has 0 saturated carbocycles. The van der Waals surface area contributed by atoms with Gasteiger partial charge in [-0.1, -0.05) is 6.58 Å². The first-order chi connectivity index (χ1) is 4.00. The Labute approximate surface area is 52.2 Å². The molecule has 0 aliphatic carbocycles. The van der Waals surface area contributed by atoms with Crippen LogP contribution in [0, 0.1) is 0 Å². The molecule has 0 radical (unpaired) electrons. The Bertz CT molecular complexity index is 119. The maximum Gasteiger partial charge on any atom is 0.734 e. The fourth-order valence-electron chi connectivity index (χ4n) is 0. The van der Waals surface area contributed by atoms with Crippen LogP contribution in [-0.4, -0.2) is 25.1 Å². The number of carbonyl (C=O) groups is 1. The monoisotopic (exact) mass is 152 g/mol. The standard InChI is InChI=1S/C3H4O2.FHO2Si/c1-2-3(4)5;1-4(2)3/h2H,1H2,(H,4,5);2H. The molecule has 0 fully saturated rings. The largest absolute Gasteiger partial charge is 0.734 e. The lowest BCUT2D eigenvalue weighted by Crippen LogP contribution is -1.82. The first-order valence-electron chi connectivity index (χ1n) is 1.74. The van der Waals surface area contributed by atoms with Gasteiger partial charge in [0.2, 0.25) is 0 Å². The minimum Gasteiger partial charge on any atom is -0.517 e. The molecular weight excluding hydrogens is 147 g/mol. The average molecular weight is 152 g/mol. The fraction of sp³-hybridized carbons (Fsp3) is 0. The molecule has 0 unspecified atom stereocenters. The molecule has 0 saturated heterocycles. The van der Waals surface area contributed by atoms with Crippen molar-refractivity contribution in [1.29, 1.82) is 0 Å². The van der Waals surface area contributed by atoms with E-state index in [1.54, 1.807) is 0 Å². The lowest BCUT2D eigenvalue weighted by Gasteiger charge is -1.64. The SMILES string of the molecule is C=CC(=O)O.O=[Si](O)F. The van der Waals surface area contributed by atoms with E-state index in [4.69, 9.17) is 14.4 Å². The highest BCUT2D eigenvalue weighted by atomic mass is 28.3. The molecule has 0 aromatic carbocycles. The van der Waals surface area contributed by atoms with Gasteiger partial charge in [0.05, 0.1) is 0 Å². The third-order valence-corrected chi connectivity index (χ3v) is 0.175. The summed E-state index contributed by atoms with van der Waals surface area (Å²) in [4.78, 5) is 16.2. The summed E-state index contributed by atoms with van der Waals surface area (Å²) >= 11 is 0. The number of halogens is 1. The highest BCUT2D eigenvalue weighted by molar-refractivity contribution is 6.23. The summed E-state index contributed by atoms with van der Waals surface area (Å²) in [6, 6.07) is 0. The quantitative estimate of drug-likeness (QED) is 0.305. The lowest BCUT2D eigenvalue weighted by molar-refractivity contribution is -0.131. The second-order valence-electron chi connectivity index (χ2n) is 0.795. The van der Waals surface area contributed by atoms with E-state index in [1.165, 1.54) is 0 Å². The van der Waals surface area contributed by atoms with Gasteiger partial charge in [0.25, 0.3) is 0 Å². The Morgan fingerprint density at radius 1 is 1.78 bits per heavy atom. The van der Waals surface area contributed by atoms with Gasteiger partial charge in [0.1, 0.15) is 0 Å². The zero-order valence-corrected chi connectivity index (χ0v) is 5.37. The molecule has 0 aliphatic rings. The summed E-state index contributed by atoms with van der Waals surface area (Å²) in [5, 5.41) is 7.60. The minimum atomic E-state index is -3.63. The molecular formula is C3H5FO4Si. The summed E-state index contributed by atoms with van der Waals surface area (Å²) in [7, 11) is -3.63. The fourth-order valence-corrected chi connectivity index (χ4v) is 0. The number of carboxylic acids is 1. The van der Waals surface area contributed by atoms with E-state index in [9.17, 15) is 8.90 Å². The minimum absolute atomic E-state index is 0.833. The van der Waals surface area contributed by atoms with Gasteiger partial charge in [0.15, 0.2) is 0 Å². The Hall–Kier alpha value is -1.04. The molecule has 0 rings (SSSR count). The van der Waals surface area contributed by atoms with Crippen LogP contribution in [0.2, 0.25) is 0 Å². The van der Waals surface area contributed by atoms with Crippen LogP contribution in [0.3, 0.4) is 0 Å². The molecule has 0 aromatic rings. The second kappa shape index (κ2) is 6.96. The maximum atomic E-state index is 10.1. The van der Waals surface area contributed by atoms with Crippen molar-refractivity contribution >= 4 is 15.2 Å². The predicted octanol–water partition coefficient (Wildman–Crippen LogP) is -0.379. The smallest absolute Gasteiger partial charge is 0.517 e. The summed E-state index contributed by atoms with van der Waals surface area (Å²) < 4.78 is 18.6. The Kier molecular flexibility index (Phi) is 8.39. The van der Waals surface area contributed by atoms with E-state index in [-0.39, 0.29) is 0 Å². The van der Waals surface area contributed by atoms with Crippen LogP contribution in [0.4, 0.5) is 4.11 Å². The predicted molar refractivity (Wildman–Crippen MR) is 27.6 cm³/mol. The zero-order chi connectivity index (χ0) is 7.86. The topological polar surface area (TPSA) is 74.6 Å². The van der Waals surface area contributed by atoms with E-state index in [2.05, 4.69) is 6.58 Å². The highest BCUT2D eigenvalue weighted by Gasteiger charge is 1.87. The third kappa shape index (κ3) is 187. The van der Waals surface area contributed by atoms with Gasteiger partial charge >= 0.3 is 15.2 Å². The second-order valence-corrected chi connectivity index (χ2v) is 1.30. The van der Waals surface area contributed by atoms with Crippen LogP contribution in [0.5, 0.6) is 0 Å². The van der Waals surface area contributed by atoms with E-state index in [1.807, 2.05) is 0 Å². The number of aliphatic carboxylic acids is 1. The number of rotatable bonds is 1. The molecule has 52 valence electrons. The van der Waals surface area contributed by atoms with Crippen molar-refractivity contribution in [3.05, 3.63) is 12.7 Å². The Morgan fingerprint density at radius 2 is 1.89 bits per heavy atom. The van der Waals surface area contributed by atoms with Crippen molar-refractivity contribution in [2.24, 2.45) is 0 Å². The van der Waals surface area contributed by atoms with Crippen LogP contribution in [0.1, 0.15) is 0 Å². The normalized spacial score (nSPS) is 6.33. The summed E-state index contributed by atoms with van der Waals surface area (Å²) in [5.74, 6) is -0.981. The van der Waals surface area contributed by atoms with Crippen molar-refractivity contribution in [2.75, 3.05) is 0 Å². The molecule has 2 N–H and O–H groups in total. The van der Waals surface area contributed by atoms with Gasteiger partial charge in [-0.05, 0) is 0 Å². The number of hydrogen-bond donors (Lipinski definition) is 2. The van der Waals surface area contributed by atoms with Crippen LogP contribution in [-0.2, 0) is 9.26 Å². The average Bonchev–Trinajstić information content (AvgIpc) is 1.65. The van der Waals surface area contributed by atoms with Crippen LogP contribution >= 0.6 is 0 Å². The van der Waals surface area contributed by atoms with Gasteiger partial charge in [-0.15, -0.1) is 0 Å². The van der Waals surface area contributed by atoms with Crippen molar-refractivity contribution in [3.8, 4) is 0 Å². The molecule has 0 aliphatic heterocycles. The van der Waals surface area contributed by atoms with Crippen molar-refractivity contribution < 1.29 is 23.3 Å². The van der Waals surface area contributed by atoms with Crippen molar-refractivity contribution in [2.45, 2.75) is 0 Å². The zero-order valence-electron chi connectivity index (χ0n) is 4.37. The van der Waals surface area contributed by atoms with Crippen LogP contribution in [0.15, 0.2) is 12.7 Å². The first kappa shape index (κ1) is 10.9. The van der Waals surface area contributed by atoms with Gasteiger partial charge in [-0.25, -0.2) is 4.79 Å². The first-order valence-corrected chi connectivity index (χ1v) is 2.97. The van der Waals surface area contributed by atoms with E-state index < -0.39 is 15.2 Å². The van der Waals surface area contributed by atoms with E-state index >= 15 is 0 Å². The molecule has 0 heterocycles. The van der Waals surface area contributed by atoms with Gasteiger partial charge < -0.3 is 9.90 Å². The third-order valence-electron chi connectivity index (χ3n) is 0.175. The number of hydrogen-bond acceptors (Lipinski definition) is 2. The molecule has 0 atom stereocenters. The Morgan fingerprint density at radius 3 is 1.89 bits per heavy atom. The van der Waals surface area contributed by atoms with Gasteiger partial charge in [-0.3, -0.25) is 4.46 Å². The van der Waals surface area contributed by atoms with Crippen LogP contribution in [0.25, 0.3) is 0 Å². The Balaban J connectivity index is 0. The molecule has 4 nitrogen and oxygen atoms in total. The van der Waals surface area contributed by atoms with Gasteiger partial charge in [-0.2, -0.15) is 4.11 Å². The van der Waals surface area contributed by atoms with Crippen LogP contribution < -0.4 is 0 Å². The molecule has 9 heavy (non-hydrogen) atoms. The number of carboxylic acid groups (broad SMARTS) is 1. The molecule has 6 heteroatoms. The van der Waals surface area contributed by atoms with Crippen molar-refractivity contribution in [3.63, 3.8) is 0 Å². The molecule has 0 bridgehead atoms. The summed E-state index contributed by atoms with van der Waals surface area (Å²) in [6.45, 7) is 2.96. The van der Waals surface area contributed by atoms with Gasteiger partial charge in [0, 0.05) is 6.08 Å². The van der Waals surface area contributed by atoms with Crippen molar-refractivity contribution in [1.82, 2.24) is 0 Å². The lowest BCUT2D eigenvalue weighted by atomic mass is 10.7. The molecule has 0 amide bonds. The maximum absolute atomic E-state index is 10.1. The summed E-state index contributed by atoms with van der Waals surface area (Å²) in [5.41, 5.74) is 0. The molecule has 0 aromatic heterocycles. The van der Waals surface area contributed by atoms with E-state index in [0.717, 1.165) is 6.08 Å².